The number of rotatable bonds is 3. The highest BCUT2D eigenvalue weighted by Gasteiger charge is 2.15. The first-order valence-corrected chi connectivity index (χ1v) is 8.19. The Labute approximate surface area is 133 Å². The van der Waals surface area contributed by atoms with Crippen LogP contribution < -0.4 is 0 Å². The Morgan fingerprint density at radius 1 is 1.37 bits per heavy atom. The first-order chi connectivity index (χ1) is 8.99. The van der Waals surface area contributed by atoms with Gasteiger partial charge in [0.25, 0.3) is 5.91 Å². The highest BCUT2D eigenvalue weighted by Crippen LogP contribution is 2.23. The second-order valence-electron chi connectivity index (χ2n) is 4.33. The summed E-state index contributed by atoms with van der Waals surface area (Å²) >= 11 is 8.52. The first-order valence-electron chi connectivity index (χ1n) is 5.72. The summed E-state index contributed by atoms with van der Waals surface area (Å²) in [5.74, 6) is 0.0427. The van der Waals surface area contributed by atoms with Crippen molar-refractivity contribution in [1.29, 1.82) is 0 Å². The smallest absolute Gasteiger partial charge is 0.254 e. The van der Waals surface area contributed by atoms with Crippen molar-refractivity contribution in [2.24, 2.45) is 0 Å². The van der Waals surface area contributed by atoms with Gasteiger partial charge in [-0.2, -0.15) is 0 Å². The molecule has 5 heteroatoms. The van der Waals surface area contributed by atoms with Gasteiger partial charge < -0.3 is 4.90 Å². The molecule has 2 aromatic rings. The fraction of sp³-hybridized carbons (Fsp3) is 0.214. The molecule has 0 aliphatic carbocycles. The van der Waals surface area contributed by atoms with Crippen LogP contribution in [0.2, 0.25) is 0 Å². The van der Waals surface area contributed by atoms with E-state index in [9.17, 15) is 4.79 Å². The van der Waals surface area contributed by atoms with Crippen LogP contribution in [0.1, 0.15) is 21.5 Å². The van der Waals surface area contributed by atoms with E-state index in [1.54, 1.807) is 16.2 Å². The summed E-state index contributed by atoms with van der Waals surface area (Å²) in [6.07, 6.45) is 0. The summed E-state index contributed by atoms with van der Waals surface area (Å²) in [5.41, 5.74) is 2.86. The molecule has 100 valence electrons. The molecule has 0 radical (unpaired) electrons. The summed E-state index contributed by atoms with van der Waals surface area (Å²) in [5, 5.41) is 2.06. The number of thiophene rings is 1. The van der Waals surface area contributed by atoms with Gasteiger partial charge in [-0.25, -0.2) is 0 Å². The molecule has 0 atom stereocenters. The van der Waals surface area contributed by atoms with Gasteiger partial charge >= 0.3 is 0 Å². The van der Waals surface area contributed by atoms with Gasteiger partial charge in [-0.15, -0.1) is 11.3 Å². The number of carbonyl (C=O) groups excluding carboxylic acids is 1. The Bertz CT molecular complexity index is 609. The molecule has 19 heavy (non-hydrogen) atoms. The molecule has 0 aliphatic heterocycles. The minimum atomic E-state index is 0.0427. The Hall–Kier alpha value is -0.650. The second-order valence-corrected chi connectivity index (χ2v) is 7.48. The molecule has 0 spiro atoms. The zero-order chi connectivity index (χ0) is 14.0. The number of hydrogen-bond donors (Lipinski definition) is 0. The van der Waals surface area contributed by atoms with Crippen molar-refractivity contribution in [2.75, 3.05) is 7.05 Å². The molecule has 0 saturated heterocycles. The van der Waals surface area contributed by atoms with Crippen molar-refractivity contribution < 1.29 is 4.79 Å². The molecule has 1 amide bonds. The highest BCUT2D eigenvalue weighted by molar-refractivity contribution is 9.11. The number of nitrogens with zero attached hydrogens (tertiary/aromatic N) is 1. The van der Waals surface area contributed by atoms with Gasteiger partial charge in [0.2, 0.25) is 0 Å². The summed E-state index contributed by atoms with van der Waals surface area (Å²) in [6, 6.07) is 7.74. The van der Waals surface area contributed by atoms with Crippen molar-refractivity contribution in [3.05, 3.63) is 54.6 Å². The van der Waals surface area contributed by atoms with E-state index in [1.165, 1.54) is 0 Å². The Morgan fingerprint density at radius 3 is 2.74 bits per heavy atom. The lowest BCUT2D eigenvalue weighted by molar-refractivity contribution is 0.0784. The van der Waals surface area contributed by atoms with Crippen LogP contribution in [0.5, 0.6) is 0 Å². The fourth-order valence-electron chi connectivity index (χ4n) is 1.82. The molecule has 1 heterocycles. The van der Waals surface area contributed by atoms with Gasteiger partial charge in [0.15, 0.2) is 0 Å². The summed E-state index contributed by atoms with van der Waals surface area (Å²) < 4.78 is 2.05. The lowest BCUT2D eigenvalue weighted by atomic mass is 10.1. The van der Waals surface area contributed by atoms with E-state index in [2.05, 4.69) is 37.2 Å². The molecular weight excluding hydrogens is 390 g/mol. The Kier molecular flexibility index (Phi) is 4.81. The summed E-state index contributed by atoms with van der Waals surface area (Å²) in [6.45, 7) is 2.57. The maximum absolute atomic E-state index is 12.4. The van der Waals surface area contributed by atoms with E-state index < -0.39 is 0 Å². The van der Waals surface area contributed by atoms with Crippen LogP contribution >= 0.6 is 43.2 Å². The highest BCUT2D eigenvalue weighted by atomic mass is 79.9. The maximum Gasteiger partial charge on any atom is 0.254 e. The summed E-state index contributed by atoms with van der Waals surface area (Å²) in [4.78, 5) is 14.2. The molecule has 2 rings (SSSR count). The molecule has 0 bridgehead atoms. The number of hydrogen-bond acceptors (Lipinski definition) is 2. The molecule has 1 aromatic heterocycles. The number of benzene rings is 1. The van der Waals surface area contributed by atoms with Crippen molar-refractivity contribution in [1.82, 2.24) is 4.90 Å². The van der Waals surface area contributed by atoms with Gasteiger partial charge in [0, 0.05) is 23.6 Å². The zero-order valence-electron chi connectivity index (χ0n) is 10.6. The second kappa shape index (κ2) is 6.20. The van der Waals surface area contributed by atoms with E-state index in [4.69, 9.17) is 0 Å². The first kappa shape index (κ1) is 14.8. The van der Waals surface area contributed by atoms with Gasteiger partial charge in [-0.1, -0.05) is 22.0 Å². The third-order valence-corrected chi connectivity index (χ3v) is 5.30. The predicted octanol–water partition coefficient (Wildman–Crippen LogP) is 4.85. The molecule has 2 nitrogen and oxygen atoms in total. The zero-order valence-corrected chi connectivity index (χ0v) is 14.6. The number of carbonyl (C=O) groups is 1. The minimum Gasteiger partial charge on any atom is -0.337 e. The quantitative estimate of drug-likeness (QED) is 0.718. The van der Waals surface area contributed by atoms with Gasteiger partial charge in [-0.05, 0) is 57.6 Å². The normalized spacial score (nSPS) is 10.5. The summed E-state index contributed by atoms with van der Waals surface area (Å²) in [7, 11) is 1.83. The fourth-order valence-corrected chi connectivity index (χ4v) is 3.39. The van der Waals surface area contributed by atoms with Crippen LogP contribution in [-0.4, -0.2) is 17.9 Å². The van der Waals surface area contributed by atoms with Gasteiger partial charge in [0.05, 0.1) is 3.79 Å². The maximum atomic E-state index is 12.4. The minimum absolute atomic E-state index is 0.0427. The van der Waals surface area contributed by atoms with Crippen LogP contribution in [0.4, 0.5) is 0 Å². The van der Waals surface area contributed by atoms with E-state index in [0.29, 0.717) is 6.54 Å². The van der Waals surface area contributed by atoms with Crippen molar-refractivity contribution in [3.8, 4) is 0 Å². The third-order valence-electron chi connectivity index (χ3n) is 2.89. The lowest BCUT2D eigenvalue weighted by Gasteiger charge is -2.18. The Balaban J connectivity index is 2.17. The van der Waals surface area contributed by atoms with E-state index in [1.807, 2.05) is 38.2 Å². The van der Waals surface area contributed by atoms with Crippen LogP contribution in [-0.2, 0) is 6.54 Å². The molecule has 1 aromatic carbocycles. The largest absolute Gasteiger partial charge is 0.337 e. The third kappa shape index (κ3) is 3.46. The number of amides is 1. The molecular formula is C14H13Br2NOS. The van der Waals surface area contributed by atoms with E-state index in [0.717, 1.165) is 24.9 Å². The van der Waals surface area contributed by atoms with Crippen molar-refractivity contribution in [3.63, 3.8) is 0 Å². The molecule has 0 saturated carbocycles. The monoisotopic (exact) mass is 401 g/mol. The van der Waals surface area contributed by atoms with Crippen LogP contribution in [0, 0.1) is 6.92 Å². The molecule has 0 fully saturated rings. The van der Waals surface area contributed by atoms with Gasteiger partial charge in [0.1, 0.15) is 0 Å². The SMILES string of the molecule is Cc1c(Br)cccc1C(=O)N(C)Cc1csc(Br)c1. The molecule has 0 N–H and O–H groups in total. The van der Waals surface area contributed by atoms with Crippen LogP contribution in [0.3, 0.4) is 0 Å². The van der Waals surface area contributed by atoms with Gasteiger partial charge in [-0.3, -0.25) is 4.79 Å². The molecule has 0 aliphatic rings. The average Bonchev–Trinajstić information content (AvgIpc) is 2.77. The Morgan fingerprint density at radius 2 is 2.11 bits per heavy atom. The van der Waals surface area contributed by atoms with Crippen molar-refractivity contribution in [2.45, 2.75) is 13.5 Å². The van der Waals surface area contributed by atoms with Crippen LogP contribution in [0.15, 0.2) is 37.9 Å². The number of halogens is 2. The average molecular weight is 403 g/mol. The van der Waals surface area contributed by atoms with Crippen molar-refractivity contribution >= 4 is 49.1 Å². The standard InChI is InChI=1S/C14H13Br2NOS/c1-9-11(4-3-5-12(9)15)14(18)17(2)7-10-6-13(16)19-8-10/h3-6,8H,7H2,1-2H3. The van der Waals surface area contributed by atoms with Crippen LogP contribution in [0.25, 0.3) is 0 Å². The molecule has 0 unspecified atom stereocenters. The predicted molar refractivity (Wildman–Crippen MR) is 86.7 cm³/mol. The van der Waals surface area contributed by atoms with E-state index >= 15 is 0 Å². The lowest BCUT2D eigenvalue weighted by Crippen LogP contribution is -2.26. The van der Waals surface area contributed by atoms with E-state index in [-0.39, 0.29) is 5.91 Å². The topological polar surface area (TPSA) is 20.3 Å².